The monoisotopic (exact) mass is 360 g/mol. The number of hydrogen-bond donors (Lipinski definition) is 0. The van der Waals surface area contributed by atoms with Crippen molar-refractivity contribution in [2.24, 2.45) is 0 Å². The lowest BCUT2D eigenvalue weighted by Gasteiger charge is -2.35. The molecule has 0 amide bonds. The highest BCUT2D eigenvalue weighted by Crippen LogP contribution is 2.49. The van der Waals surface area contributed by atoms with E-state index < -0.39 is 0 Å². The van der Waals surface area contributed by atoms with Crippen LogP contribution in [0.4, 0.5) is 0 Å². The smallest absolute Gasteiger partial charge is 0.0749 e. The lowest BCUT2D eigenvalue weighted by molar-refractivity contribution is 0.689. The fourth-order valence-electron chi connectivity index (χ4n) is 3.44. The van der Waals surface area contributed by atoms with Crippen molar-refractivity contribution in [3.8, 4) is 0 Å². The highest BCUT2D eigenvalue weighted by Gasteiger charge is 2.37. The summed E-state index contributed by atoms with van der Waals surface area (Å²) in [5, 5.41) is 2.61. The van der Waals surface area contributed by atoms with E-state index in [0.717, 1.165) is 0 Å². The summed E-state index contributed by atoms with van der Waals surface area (Å²) in [4.78, 5) is 0. The predicted octanol–water partition coefficient (Wildman–Crippen LogP) is 6.34. The van der Waals surface area contributed by atoms with Gasteiger partial charge in [-0.2, -0.15) is 0 Å². The Balaban J connectivity index is 1.92. The van der Waals surface area contributed by atoms with Crippen LogP contribution in [0, 0.1) is 0 Å². The van der Waals surface area contributed by atoms with Gasteiger partial charge in [0.2, 0.25) is 0 Å². The summed E-state index contributed by atoms with van der Waals surface area (Å²) in [6.45, 7) is 0. The molecule has 23 heavy (non-hydrogen) atoms. The molecule has 0 heterocycles. The summed E-state index contributed by atoms with van der Waals surface area (Å²) in [5.74, 6) is 0.251. The van der Waals surface area contributed by atoms with Crippen molar-refractivity contribution in [2.45, 2.75) is 10.2 Å². The van der Waals surface area contributed by atoms with Gasteiger partial charge in [-0.05, 0) is 21.9 Å². The second-order valence-corrected chi connectivity index (χ2v) is 7.24. The second kappa shape index (κ2) is 5.82. The molecule has 112 valence electrons. The first-order valence-corrected chi connectivity index (χ1v) is 8.66. The molecule has 0 saturated heterocycles. The van der Waals surface area contributed by atoms with Crippen molar-refractivity contribution >= 4 is 26.7 Å². The van der Waals surface area contributed by atoms with Crippen LogP contribution in [-0.4, -0.2) is 0 Å². The SMILES string of the molecule is BrC1(c2ccccc2)C=CC=CC1c1cccc2ccccc12. The minimum Gasteiger partial charge on any atom is -0.0749 e. The molecule has 4 rings (SSSR count). The predicted molar refractivity (Wildman–Crippen MR) is 102 cm³/mol. The Labute approximate surface area is 145 Å². The third kappa shape index (κ3) is 2.46. The van der Waals surface area contributed by atoms with Crippen LogP contribution in [0.5, 0.6) is 0 Å². The second-order valence-electron chi connectivity index (χ2n) is 5.92. The van der Waals surface area contributed by atoms with E-state index in [1.165, 1.54) is 21.9 Å². The Morgan fingerprint density at radius 2 is 1.48 bits per heavy atom. The normalized spacial score (nSPS) is 23.3. The molecule has 1 aliphatic rings. The Morgan fingerprint density at radius 1 is 0.739 bits per heavy atom. The van der Waals surface area contributed by atoms with E-state index in [2.05, 4.69) is 113 Å². The molecular weight excluding hydrogens is 344 g/mol. The van der Waals surface area contributed by atoms with Crippen molar-refractivity contribution in [3.63, 3.8) is 0 Å². The summed E-state index contributed by atoms with van der Waals surface area (Å²) in [5.41, 5.74) is 2.63. The lowest BCUT2D eigenvalue weighted by atomic mass is 9.77. The maximum atomic E-state index is 4.05. The Bertz CT molecular complexity index is 887. The van der Waals surface area contributed by atoms with Crippen LogP contribution < -0.4 is 0 Å². The van der Waals surface area contributed by atoms with E-state index in [4.69, 9.17) is 0 Å². The fourth-order valence-corrected chi connectivity index (χ4v) is 4.25. The largest absolute Gasteiger partial charge is 0.0791 e. The topological polar surface area (TPSA) is 0 Å². The molecule has 0 bridgehead atoms. The molecule has 0 aliphatic heterocycles. The fraction of sp³-hybridized carbons (Fsp3) is 0.0909. The zero-order valence-electron chi connectivity index (χ0n) is 12.7. The number of rotatable bonds is 2. The van der Waals surface area contributed by atoms with E-state index in [1.54, 1.807) is 0 Å². The summed E-state index contributed by atoms with van der Waals surface area (Å²) in [6, 6.07) is 25.8. The van der Waals surface area contributed by atoms with Gasteiger partial charge in [0.15, 0.2) is 0 Å². The minimum atomic E-state index is -0.215. The van der Waals surface area contributed by atoms with Gasteiger partial charge < -0.3 is 0 Å². The molecule has 2 atom stereocenters. The zero-order valence-corrected chi connectivity index (χ0v) is 14.3. The van der Waals surface area contributed by atoms with Crippen molar-refractivity contribution in [1.82, 2.24) is 0 Å². The Hall–Kier alpha value is -2.12. The molecule has 3 aromatic rings. The first-order chi connectivity index (χ1) is 11.3. The summed E-state index contributed by atoms with van der Waals surface area (Å²) in [6.07, 6.45) is 8.83. The molecular formula is C22H17Br. The highest BCUT2D eigenvalue weighted by atomic mass is 79.9. The van der Waals surface area contributed by atoms with Crippen LogP contribution in [0.1, 0.15) is 17.0 Å². The van der Waals surface area contributed by atoms with Gasteiger partial charge in [0, 0.05) is 5.92 Å². The highest BCUT2D eigenvalue weighted by molar-refractivity contribution is 9.09. The lowest BCUT2D eigenvalue weighted by Crippen LogP contribution is -2.25. The number of allylic oxidation sites excluding steroid dienone is 4. The third-order valence-corrected chi connectivity index (χ3v) is 5.80. The van der Waals surface area contributed by atoms with Gasteiger partial charge in [-0.1, -0.05) is 113 Å². The van der Waals surface area contributed by atoms with Crippen molar-refractivity contribution in [3.05, 3.63) is 108 Å². The Kier molecular flexibility index (Phi) is 3.66. The van der Waals surface area contributed by atoms with Crippen LogP contribution >= 0.6 is 15.9 Å². The van der Waals surface area contributed by atoms with Crippen LogP contribution in [0.15, 0.2) is 97.1 Å². The average molecular weight is 361 g/mol. The van der Waals surface area contributed by atoms with Gasteiger partial charge in [-0.25, -0.2) is 0 Å². The first kappa shape index (κ1) is 14.5. The van der Waals surface area contributed by atoms with Gasteiger partial charge in [0.1, 0.15) is 0 Å². The summed E-state index contributed by atoms with van der Waals surface area (Å²) >= 11 is 4.05. The molecule has 2 unspecified atom stereocenters. The average Bonchev–Trinajstić information content (AvgIpc) is 2.62. The zero-order chi connectivity index (χ0) is 15.7. The van der Waals surface area contributed by atoms with Gasteiger partial charge >= 0.3 is 0 Å². The van der Waals surface area contributed by atoms with E-state index in [0.29, 0.717) is 0 Å². The maximum Gasteiger partial charge on any atom is 0.0791 e. The number of halogens is 1. The van der Waals surface area contributed by atoms with Gasteiger partial charge in [-0.3, -0.25) is 0 Å². The number of fused-ring (bicyclic) bond motifs is 1. The quantitative estimate of drug-likeness (QED) is 0.467. The van der Waals surface area contributed by atoms with Crippen molar-refractivity contribution in [2.75, 3.05) is 0 Å². The van der Waals surface area contributed by atoms with Gasteiger partial charge in [0.05, 0.1) is 4.32 Å². The molecule has 0 aromatic heterocycles. The summed E-state index contributed by atoms with van der Waals surface area (Å²) < 4.78 is -0.215. The van der Waals surface area contributed by atoms with Crippen molar-refractivity contribution in [1.29, 1.82) is 0 Å². The van der Waals surface area contributed by atoms with E-state index in [1.807, 2.05) is 0 Å². The van der Waals surface area contributed by atoms with Gasteiger partial charge in [-0.15, -0.1) is 0 Å². The third-order valence-electron chi connectivity index (χ3n) is 4.58. The molecule has 1 aliphatic carbocycles. The van der Waals surface area contributed by atoms with Crippen LogP contribution in [0.2, 0.25) is 0 Å². The van der Waals surface area contributed by atoms with E-state index in [-0.39, 0.29) is 10.2 Å². The molecule has 0 N–H and O–H groups in total. The van der Waals surface area contributed by atoms with Crippen LogP contribution in [0.25, 0.3) is 10.8 Å². The number of alkyl halides is 1. The standard InChI is InChI=1S/C22H17Br/c23-22(18-11-2-1-3-12-18)16-7-6-15-21(22)20-14-8-10-17-9-4-5-13-19(17)20/h1-16,21H. The number of hydrogen-bond acceptors (Lipinski definition) is 0. The minimum absolute atomic E-state index is 0.215. The molecule has 1 heteroatoms. The maximum absolute atomic E-state index is 4.05. The van der Waals surface area contributed by atoms with Crippen LogP contribution in [-0.2, 0) is 4.32 Å². The van der Waals surface area contributed by atoms with E-state index >= 15 is 0 Å². The molecule has 0 spiro atoms. The first-order valence-electron chi connectivity index (χ1n) is 7.87. The Morgan fingerprint density at radius 3 is 2.35 bits per heavy atom. The summed E-state index contributed by atoms with van der Waals surface area (Å²) in [7, 11) is 0. The number of benzene rings is 3. The molecule has 0 radical (unpaired) electrons. The van der Waals surface area contributed by atoms with Crippen molar-refractivity contribution < 1.29 is 0 Å². The van der Waals surface area contributed by atoms with Gasteiger partial charge in [0.25, 0.3) is 0 Å². The molecule has 0 fully saturated rings. The molecule has 3 aromatic carbocycles. The van der Waals surface area contributed by atoms with E-state index in [9.17, 15) is 0 Å². The molecule has 0 saturated carbocycles. The van der Waals surface area contributed by atoms with Crippen LogP contribution in [0.3, 0.4) is 0 Å². The molecule has 0 nitrogen and oxygen atoms in total.